The summed E-state index contributed by atoms with van der Waals surface area (Å²) >= 11 is 5.90. The Morgan fingerprint density at radius 2 is 2.14 bits per heavy atom. The number of pyridine rings is 1. The predicted molar refractivity (Wildman–Crippen MR) is 76.5 cm³/mol. The quantitative estimate of drug-likeness (QED) is 0.510. The van der Waals surface area contributed by atoms with E-state index in [-0.39, 0.29) is 16.4 Å². The van der Waals surface area contributed by atoms with E-state index in [1.54, 1.807) is 26.0 Å². The summed E-state index contributed by atoms with van der Waals surface area (Å²) < 4.78 is 4.86. The van der Waals surface area contributed by atoms with Gasteiger partial charge in [-0.1, -0.05) is 11.6 Å². The Morgan fingerprint density at radius 1 is 1.52 bits per heavy atom. The zero-order valence-corrected chi connectivity index (χ0v) is 12.6. The summed E-state index contributed by atoms with van der Waals surface area (Å²) in [6, 6.07) is 3.36. The van der Waals surface area contributed by atoms with Crippen molar-refractivity contribution in [2.24, 2.45) is 5.92 Å². The molecule has 1 aromatic heterocycles. The van der Waals surface area contributed by atoms with Crippen LogP contribution in [0.25, 0.3) is 0 Å². The molecular weight excluding hydrogens is 294 g/mol. The van der Waals surface area contributed by atoms with E-state index in [4.69, 9.17) is 27.0 Å². The van der Waals surface area contributed by atoms with Gasteiger partial charge in [0.1, 0.15) is 11.1 Å². The standard InChI is InChI=1S/C14H14ClN3O3/c1-7-4-8(2)18-13(15)12(7)14(20)21-6-11(19)10(5-16)9(3)17/h4,10,17H,6H2,1-3H3/t10-/m0/s1. The third-order valence-electron chi connectivity index (χ3n) is 2.73. The van der Waals surface area contributed by atoms with Gasteiger partial charge in [0.2, 0.25) is 0 Å². The number of nitrogens with one attached hydrogen (secondary N) is 1. The molecule has 0 aliphatic rings. The molecule has 0 saturated heterocycles. The summed E-state index contributed by atoms with van der Waals surface area (Å²) in [5.41, 5.74) is 1.25. The molecule has 0 amide bonds. The summed E-state index contributed by atoms with van der Waals surface area (Å²) in [6.07, 6.45) is 0. The molecule has 0 aromatic carbocycles. The molecule has 0 bridgehead atoms. The van der Waals surface area contributed by atoms with Crippen LogP contribution in [0.3, 0.4) is 0 Å². The molecule has 1 N–H and O–H groups in total. The highest BCUT2D eigenvalue weighted by Crippen LogP contribution is 2.19. The number of carbonyl (C=O) groups excluding carboxylic acids is 2. The maximum atomic E-state index is 11.9. The van der Waals surface area contributed by atoms with Crippen LogP contribution in [0.15, 0.2) is 6.07 Å². The van der Waals surface area contributed by atoms with Crippen LogP contribution < -0.4 is 0 Å². The monoisotopic (exact) mass is 307 g/mol. The van der Waals surface area contributed by atoms with E-state index >= 15 is 0 Å². The molecule has 0 aliphatic carbocycles. The second-order valence-corrected chi connectivity index (χ2v) is 4.89. The lowest BCUT2D eigenvalue weighted by Crippen LogP contribution is -2.25. The Hall–Kier alpha value is -2.26. The van der Waals surface area contributed by atoms with Crippen LogP contribution >= 0.6 is 11.6 Å². The van der Waals surface area contributed by atoms with Gasteiger partial charge < -0.3 is 10.1 Å². The van der Waals surface area contributed by atoms with Crippen molar-refractivity contribution in [3.05, 3.63) is 28.0 Å². The molecule has 0 fully saturated rings. The number of ketones is 1. The van der Waals surface area contributed by atoms with Gasteiger partial charge in [-0.3, -0.25) is 4.79 Å². The zero-order chi connectivity index (χ0) is 16.2. The summed E-state index contributed by atoms with van der Waals surface area (Å²) in [7, 11) is 0. The lowest BCUT2D eigenvalue weighted by molar-refractivity contribution is -0.122. The van der Waals surface area contributed by atoms with Crippen molar-refractivity contribution in [1.82, 2.24) is 4.98 Å². The number of nitriles is 1. The Morgan fingerprint density at radius 3 is 2.62 bits per heavy atom. The molecule has 0 aliphatic heterocycles. The molecular formula is C14H14ClN3O3. The fourth-order valence-electron chi connectivity index (χ4n) is 1.74. The van der Waals surface area contributed by atoms with Crippen LogP contribution in [0.5, 0.6) is 0 Å². The first-order valence-electron chi connectivity index (χ1n) is 6.06. The van der Waals surface area contributed by atoms with Crippen molar-refractivity contribution in [2.75, 3.05) is 6.61 Å². The van der Waals surface area contributed by atoms with E-state index in [0.29, 0.717) is 11.3 Å². The smallest absolute Gasteiger partial charge is 0.341 e. The fraction of sp³-hybridized carbons (Fsp3) is 0.357. The number of nitrogens with zero attached hydrogens (tertiary/aromatic N) is 2. The third-order valence-corrected chi connectivity index (χ3v) is 3.01. The number of rotatable bonds is 5. The van der Waals surface area contributed by atoms with Crippen molar-refractivity contribution in [3.63, 3.8) is 0 Å². The second-order valence-electron chi connectivity index (χ2n) is 4.53. The van der Waals surface area contributed by atoms with Gasteiger partial charge in [-0.15, -0.1) is 0 Å². The first-order chi connectivity index (χ1) is 9.77. The van der Waals surface area contributed by atoms with Crippen LogP contribution in [-0.4, -0.2) is 29.1 Å². The topological polar surface area (TPSA) is 104 Å². The van der Waals surface area contributed by atoms with Gasteiger partial charge in [0, 0.05) is 11.4 Å². The number of aryl methyl sites for hydroxylation is 2. The zero-order valence-electron chi connectivity index (χ0n) is 11.9. The van der Waals surface area contributed by atoms with Crippen molar-refractivity contribution >= 4 is 29.1 Å². The third kappa shape index (κ3) is 4.10. The lowest BCUT2D eigenvalue weighted by Gasteiger charge is -2.10. The normalized spacial score (nSPS) is 11.4. The highest BCUT2D eigenvalue weighted by Gasteiger charge is 2.23. The number of hydrogen-bond acceptors (Lipinski definition) is 6. The van der Waals surface area contributed by atoms with Gasteiger partial charge in [0.15, 0.2) is 12.4 Å². The predicted octanol–water partition coefficient (Wildman–Crippen LogP) is 2.26. The van der Waals surface area contributed by atoms with Gasteiger partial charge in [-0.05, 0) is 32.4 Å². The highest BCUT2D eigenvalue weighted by atomic mass is 35.5. The average molecular weight is 308 g/mol. The van der Waals surface area contributed by atoms with Crippen molar-refractivity contribution < 1.29 is 14.3 Å². The maximum absolute atomic E-state index is 11.9. The van der Waals surface area contributed by atoms with Gasteiger partial charge in [0.05, 0.1) is 11.6 Å². The minimum Gasteiger partial charge on any atom is -0.454 e. The highest BCUT2D eigenvalue weighted by molar-refractivity contribution is 6.32. The molecule has 6 nitrogen and oxygen atoms in total. The largest absolute Gasteiger partial charge is 0.454 e. The summed E-state index contributed by atoms with van der Waals surface area (Å²) in [5, 5.41) is 16.1. The molecule has 1 atom stereocenters. The van der Waals surface area contributed by atoms with Crippen molar-refractivity contribution in [1.29, 1.82) is 10.7 Å². The Bertz CT molecular complexity index is 626. The van der Waals surface area contributed by atoms with E-state index in [9.17, 15) is 9.59 Å². The lowest BCUT2D eigenvalue weighted by atomic mass is 10.0. The van der Waals surface area contributed by atoms with E-state index in [0.717, 1.165) is 0 Å². The van der Waals surface area contributed by atoms with Crippen LogP contribution in [0.2, 0.25) is 5.15 Å². The Balaban J connectivity index is 2.83. The SMILES string of the molecule is CC(=N)[C@H](C#N)C(=O)COC(=O)c1c(C)cc(C)nc1Cl. The maximum Gasteiger partial charge on any atom is 0.341 e. The van der Waals surface area contributed by atoms with Gasteiger partial charge in [0.25, 0.3) is 0 Å². The average Bonchev–Trinajstić information content (AvgIpc) is 2.35. The van der Waals surface area contributed by atoms with Gasteiger partial charge in [-0.2, -0.15) is 5.26 Å². The number of Topliss-reactive ketones (excluding diaryl/α,β-unsaturated/α-hetero) is 1. The van der Waals surface area contributed by atoms with E-state index in [1.807, 2.05) is 0 Å². The number of ether oxygens (including phenoxy) is 1. The van der Waals surface area contributed by atoms with E-state index < -0.39 is 24.3 Å². The molecule has 0 spiro atoms. The number of carbonyl (C=O) groups is 2. The van der Waals surface area contributed by atoms with E-state index in [2.05, 4.69) is 4.98 Å². The summed E-state index contributed by atoms with van der Waals surface area (Å²) in [6.45, 7) is 4.18. The molecule has 110 valence electrons. The van der Waals surface area contributed by atoms with Crippen LogP contribution in [0, 0.1) is 36.5 Å². The Kier molecular flexibility index (Phi) is 5.56. The van der Waals surface area contributed by atoms with Gasteiger partial charge >= 0.3 is 5.97 Å². The number of aromatic nitrogens is 1. The number of hydrogen-bond donors (Lipinski definition) is 1. The van der Waals surface area contributed by atoms with Gasteiger partial charge in [-0.25, -0.2) is 9.78 Å². The minimum absolute atomic E-state index is 0.00465. The minimum atomic E-state index is -1.20. The first-order valence-corrected chi connectivity index (χ1v) is 6.44. The number of halogens is 1. The molecule has 0 unspecified atom stereocenters. The van der Waals surface area contributed by atoms with E-state index in [1.165, 1.54) is 6.92 Å². The van der Waals surface area contributed by atoms with Crippen LogP contribution in [0.4, 0.5) is 0 Å². The molecule has 0 radical (unpaired) electrons. The second kappa shape index (κ2) is 6.95. The molecule has 21 heavy (non-hydrogen) atoms. The molecule has 1 aromatic rings. The molecule has 0 saturated carbocycles. The fourth-order valence-corrected chi connectivity index (χ4v) is 2.10. The van der Waals surface area contributed by atoms with Crippen molar-refractivity contribution in [2.45, 2.75) is 20.8 Å². The molecule has 1 rings (SSSR count). The molecule has 1 heterocycles. The summed E-state index contributed by atoms with van der Waals surface area (Å²) in [5.74, 6) is -2.63. The number of esters is 1. The summed E-state index contributed by atoms with van der Waals surface area (Å²) in [4.78, 5) is 27.6. The van der Waals surface area contributed by atoms with Crippen LogP contribution in [-0.2, 0) is 9.53 Å². The van der Waals surface area contributed by atoms with Crippen molar-refractivity contribution in [3.8, 4) is 6.07 Å². The first kappa shape index (κ1) is 16.8. The Labute approximate surface area is 127 Å². The van der Waals surface area contributed by atoms with Crippen LogP contribution in [0.1, 0.15) is 28.5 Å². The molecule has 7 heteroatoms.